The number of aryl methyl sites for hydroxylation is 1. The average molecular weight is 596 g/mol. The molecule has 2 aliphatic rings. The molecule has 0 N–H and O–H groups in total. The fraction of sp³-hybridized carbons (Fsp3) is 0.421. The summed E-state index contributed by atoms with van der Waals surface area (Å²) in [4.78, 5) is 22.9. The van der Waals surface area contributed by atoms with E-state index in [4.69, 9.17) is 4.74 Å². The third kappa shape index (κ3) is 7.29. The van der Waals surface area contributed by atoms with Crippen LogP contribution < -0.4 is 4.90 Å². The Hall–Kier alpha value is -3.77. The summed E-state index contributed by atoms with van der Waals surface area (Å²) in [7, 11) is 1.72. The molecule has 1 amide bonds. The highest BCUT2D eigenvalue weighted by molar-refractivity contribution is 6.15. The van der Waals surface area contributed by atoms with Gasteiger partial charge in [0.25, 0.3) is 5.91 Å². The van der Waals surface area contributed by atoms with E-state index in [0.29, 0.717) is 34.7 Å². The van der Waals surface area contributed by atoms with Crippen molar-refractivity contribution < 1.29 is 13.9 Å². The van der Waals surface area contributed by atoms with Crippen LogP contribution in [0.25, 0.3) is 6.08 Å². The summed E-state index contributed by atoms with van der Waals surface area (Å²) in [6.07, 6.45) is 8.14. The molecule has 232 valence electrons. The lowest BCUT2D eigenvalue weighted by Crippen LogP contribution is -2.47. The normalized spacial score (nSPS) is 17.7. The fourth-order valence-corrected chi connectivity index (χ4v) is 6.87. The standard InChI is InChI=1S/C38H46FN3O2/c1-5-9-31-24-33(14-15-35(31)37(40-4)32-11-8-12-34(39)25-32)38(43)41-20-16-30(17-21-41)28(3)42(26-29-18-22-44-23-19-29)36-13-7-6-10-27(36)2/h5-15,24-25,28-30H,16-23,26H2,1-4H3/b9-5+,40-37?. The number of carbonyl (C=O) groups is 1. The van der Waals surface area contributed by atoms with Crippen molar-refractivity contribution in [3.8, 4) is 0 Å². The molecule has 2 heterocycles. The highest BCUT2D eigenvalue weighted by Crippen LogP contribution is 2.32. The lowest BCUT2D eigenvalue weighted by molar-refractivity contribution is 0.0647. The maximum absolute atomic E-state index is 14.0. The lowest BCUT2D eigenvalue weighted by atomic mass is 9.87. The Morgan fingerprint density at radius 2 is 1.77 bits per heavy atom. The van der Waals surface area contributed by atoms with Gasteiger partial charge in [0, 0.05) is 68.3 Å². The van der Waals surface area contributed by atoms with Gasteiger partial charge < -0.3 is 14.5 Å². The highest BCUT2D eigenvalue weighted by Gasteiger charge is 2.32. The zero-order valence-corrected chi connectivity index (χ0v) is 26.6. The number of hydrogen-bond acceptors (Lipinski definition) is 4. The lowest BCUT2D eigenvalue weighted by Gasteiger charge is -2.43. The van der Waals surface area contributed by atoms with Crippen LogP contribution in [-0.2, 0) is 4.74 Å². The second-order valence-electron chi connectivity index (χ2n) is 12.2. The van der Waals surface area contributed by atoms with E-state index in [2.05, 4.69) is 48.0 Å². The molecule has 0 radical (unpaired) electrons. The average Bonchev–Trinajstić information content (AvgIpc) is 3.05. The van der Waals surface area contributed by atoms with Crippen LogP contribution in [0.5, 0.6) is 0 Å². The highest BCUT2D eigenvalue weighted by atomic mass is 19.1. The first-order chi connectivity index (χ1) is 21.4. The molecule has 2 fully saturated rings. The maximum atomic E-state index is 14.0. The van der Waals surface area contributed by atoms with E-state index in [-0.39, 0.29) is 11.7 Å². The molecule has 2 aliphatic heterocycles. The van der Waals surface area contributed by atoms with Gasteiger partial charge in [-0.25, -0.2) is 4.39 Å². The van der Waals surface area contributed by atoms with Gasteiger partial charge in [0.05, 0.1) is 5.71 Å². The molecule has 1 atom stereocenters. The number of amides is 1. The topological polar surface area (TPSA) is 45.1 Å². The van der Waals surface area contributed by atoms with Crippen molar-refractivity contribution in [2.75, 3.05) is 44.8 Å². The second kappa shape index (κ2) is 14.8. The van der Waals surface area contributed by atoms with E-state index in [1.807, 2.05) is 48.2 Å². The number of hydrogen-bond donors (Lipinski definition) is 0. The number of likely N-dealkylation sites (tertiary alicyclic amines) is 1. The zero-order chi connectivity index (χ0) is 31.1. The van der Waals surface area contributed by atoms with E-state index in [0.717, 1.165) is 69.7 Å². The minimum Gasteiger partial charge on any atom is -0.381 e. The van der Waals surface area contributed by atoms with Gasteiger partial charge in [-0.2, -0.15) is 0 Å². The SMILES string of the molecule is C/C=C/c1cc(C(=O)N2CCC(C(C)N(CC3CCOCC3)c3ccccc3C)CC2)ccc1C(=NC)c1cccc(F)c1. The van der Waals surface area contributed by atoms with Crippen molar-refractivity contribution >= 4 is 23.4 Å². The van der Waals surface area contributed by atoms with Crippen molar-refractivity contribution in [1.82, 2.24) is 4.90 Å². The predicted octanol–water partition coefficient (Wildman–Crippen LogP) is 7.81. The Morgan fingerprint density at radius 3 is 2.45 bits per heavy atom. The maximum Gasteiger partial charge on any atom is 0.253 e. The largest absolute Gasteiger partial charge is 0.381 e. The Labute approximate surface area is 262 Å². The number of benzene rings is 3. The molecular weight excluding hydrogens is 549 g/mol. The summed E-state index contributed by atoms with van der Waals surface area (Å²) >= 11 is 0. The Kier molecular flexibility index (Phi) is 10.6. The van der Waals surface area contributed by atoms with Gasteiger partial charge in [-0.15, -0.1) is 0 Å². The summed E-state index contributed by atoms with van der Waals surface area (Å²) < 4.78 is 19.7. The van der Waals surface area contributed by atoms with Gasteiger partial charge in [-0.05, 0) is 99.7 Å². The van der Waals surface area contributed by atoms with Crippen LogP contribution in [0.2, 0.25) is 0 Å². The molecule has 6 heteroatoms. The van der Waals surface area contributed by atoms with Crippen LogP contribution in [0, 0.1) is 24.6 Å². The third-order valence-corrected chi connectivity index (χ3v) is 9.44. The summed E-state index contributed by atoms with van der Waals surface area (Å²) in [6, 6.07) is 21.4. The quantitative estimate of drug-likeness (QED) is 0.237. The number of aliphatic imine (C=N–C) groups is 1. The molecule has 5 nitrogen and oxygen atoms in total. The fourth-order valence-electron chi connectivity index (χ4n) is 6.87. The second-order valence-corrected chi connectivity index (χ2v) is 12.2. The number of para-hydroxylation sites is 1. The van der Waals surface area contributed by atoms with E-state index >= 15 is 0 Å². The van der Waals surface area contributed by atoms with Crippen molar-refractivity contribution in [2.45, 2.75) is 52.5 Å². The zero-order valence-electron chi connectivity index (χ0n) is 26.6. The molecule has 1 unspecified atom stereocenters. The van der Waals surface area contributed by atoms with Gasteiger partial charge >= 0.3 is 0 Å². The minimum atomic E-state index is -0.300. The van der Waals surface area contributed by atoms with Crippen LogP contribution in [0.3, 0.4) is 0 Å². The molecule has 0 aliphatic carbocycles. The summed E-state index contributed by atoms with van der Waals surface area (Å²) in [5, 5.41) is 0. The Morgan fingerprint density at radius 1 is 1.02 bits per heavy atom. The first-order valence-electron chi connectivity index (χ1n) is 16.1. The number of rotatable bonds is 9. The minimum absolute atomic E-state index is 0.0621. The van der Waals surface area contributed by atoms with Crippen molar-refractivity contribution in [2.24, 2.45) is 16.8 Å². The number of halogens is 1. The van der Waals surface area contributed by atoms with E-state index < -0.39 is 0 Å². The predicted molar refractivity (Wildman–Crippen MR) is 179 cm³/mol. The first-order valence-corrected chi connectivity index (χ1v) is 16.1. The van der Waals surface area contributed by atoms with Crippen LogP contribution in [0.4, 0.5) is 10.1 Å². The number of piperidine rings is 1. The number of anilines is 1. The Balaban J connectivity index is 1.30. The molecule has 0 saturated carbocycles. The molecule has 3 aromatic rings. The molecule has 0 aromatic heterocycles. The van der Waals surface area contributed by atoms with E-state index in [1.54, 1.807) is 13.1 Å². The molecule has 44 heavy (non-hydrogen) atoms. The van der Waals surface area contributed by atoms with Gasteiger partial charge in [0.1, 0.15) is 5.82 Å². The summed E-state index contributed by atoms with van der Waals surface area (Å²) in [5.41, 5.74) is 6.50. The van der Waals surface area contributed by atoms with Crippen molar-refractivity contribution in [1.29, 1.82) is 0 Å². The molecule has 2 saturated heterocycles. The third-order valence-electron chi connectivity index (χ3n) is 9.44. The van der Waals surface area contributed by atoms with E-state index in [9.17, 15) is 9.18 Å². The molecular formula is C38H46FN3O2. The smallest absolute Gasteiger partial charge is 0.253 e. The van der Waals surface area contributed by atoms with Crippen molar-refractivity contribution in [3.63, 3.8) is 0 Å². The van der Waals surface area contributed by atoms with Crippen LogP contribution >= 0.6 is 0 Å². The van der Waals surface area contributed by atoms with Crippen molar-refractivity contribution in [3.05, 3.63) is 106 Å². The van der Waals surface area contributed by atoms with Gasteiger partial charge in [-0.1, -0.05) is 48.6 Å². The monoisotopic (exact) mass is 595 g/mol. The number of nitrogens with zero attached hydrogens (tertiary/aromatic N) is 3. The first kappa shape index (κ1) is 31.6. The summed E-state index contributed by atoms with van der Waals surface area (Å²) in [6.45, 7) is 10.8. The number of ether oxygens (including phenoxy) is 1. The molecule has 0 spiro atoms. The van der Waals surface area contributed by atoms with Crippen LogP contribution in [-0.4, -0.2) is 62.5 Å². The number of allylic oxidation sites excluding steroid dienone is 1. The Bertz CT molecular complexity index is 1480. The van der Waals surface area contributed by atoms with Crippen LogP contribution in [0.15, 0.2) is 77.8 Å². The van der Waals surface area contributed by atoms with Gasteiger partial charge in [-0.3, -0.25) is 9.79 Å². The van der Waals surface area contributed by atoms with E-state index in [1.165, 1.54) is 23.4 Å². The molecule has 0 bridgehead atoms. The molecule has 5 rings (SSSR count). The van der Waals surface area contributed by atoms with Gasteiger partial charge in [0.2, 0.25) is 0 Å². The van der Waals surface area contributed by atoms with Crippen LogP contribution in [0.1, 0.15) is 72.1 Å². The summed E-state index contributed by atoms with van der Waals surface area (Å²) in [5.74, 6) is 0.911. The molecule has 3 aromatic carbocycles. The van der Waals surface area contributed by atoms with Gasteiger partial charge in [0.15, 0.2) is 0 Å². The number of carbonyl (C=O) groups excluding carboxylic acids is 1.